The van der Waals surface area contributed by atoms with E-state index in [-0.39, 0.29) is 32.5 Å². The van der Waals surface area contributed by atoms with Gasteiger partial charge in [-0.3, -0.25) is 0 Å². The summed E-state index contributed by atoms with van der Waals surface area (Å²) < 4.78 is 13.9. The molecule has 0 aliphatic rings. The molecule has 0 saturated carbocycles. The van der Waals surface area contributed by atoms with E-state index >= 15 is 0 Å². The fraction of sp³-hybridized carbons (Fsp3) is 0.333. The van der Waals surface area contributed by atoms with Crippen molar-refractivity contribution >= 4 is 30.6 Å². The molecule has 0 bridgehead atoms. The number of hydrogen-bond donors (Lipinski definition) is 1. The van der Waals surface area contributed by atoms with Crippen molar-refractivity contribution in [3.05, 3.63) is 67.8 Å². The van der Waals surface area contributed by atoms with Crippen LogP contribution in [0.25, 0.3) is 6.08 Å². The van der Waals surface area contributed by atoms with E-state index < -0.39 is 11.9 Å². The van der Waals surface area contributed by atoms with Gasteiger partial charge in [-0.1, -0.05) is 63.1 Å². The second-order valence-corrected chi connectivity index (χ2v) is 5.43. The highest BCUT2D eigenvalue weighted by atomic mass is 16.6. The van der Waals surface area contributed by atoms with Gasteiger partial charge in [0.1, 0.15) is 32.4 Å². The van der Waals surface area contributed by atoms with Crippen molar-refractivity contribution in [2.75, 3.05) is 26.4 Å². The first kappa shape index (κ1) is 33.3. The Hall–Kier alpha value is -3.36. The minimum Gasteiger partial charge on any atom is -0.460 e. The molecule has 1 rings (SSSR count). The van der Waals surface area contributed by atoms with Crippen molar-refractivity contribution in [1.82, 2.24) is 0 Å². The highest BCUT2D eigenvalue weighted by molar-refractivity contribution is 5.81. The van der Waals surface area contributed by atoms with Gasteiger partial charge in [0.25, 0.3) is 0 Å². The van der Waals surface area contributed by atoms with Crippen LogP contribution >= 0.6 is 0 Å². The molecule has 0 radical (unpaired) electrons. The Morgan fingerprint density at radius 2 is 1.53 bits per heavy atom. The minimum atomic E-state index is -0.501. The van der Waals surface area contributed by atoms with Crippen molar-refractivity contribution < 1.29 is 38.5 Å². The molecule has 0 spiro atoms. The number of carbonyl (C=O) groups is 4. The van der Waals surface area contributed by atoms with E-state index in [2.05, 4.69) is 29.2 Å². The van der Waals surface area contributed by atoms with Crippen LogP contribution in [0.1, 0.15) is 25.8 Å². The molecule has 1 atom stereocenters. The number of hydrogen-bond acceptors (Lipinski definition) is 8. The normalized spacial score (nSPS) is 9.34. The molecule has 0 aliphatic carbocycles. The molecule has 0 amide bonds. The fourth-order valence-electron chi connectivity index (χ4n) is 1.30. The lowest BCUT2D eigenvalue weighted by atomic mass is 10.2. The second kappa shape index (κ2) is 27.6. The quantitative estimate of drug-likeness (QED) is 0.311. The zero-order valence-corrected chi connectivity index (χ0v) is 18.8. The van der Waals surface area contributed by atoms with Gasteiger partial charge >= 0.3 is 11.9 Å². The summed E-state index contributed by atoms with van der Waals surface area (Å²) in [7, 11) is 0. The number of ether oxygens (including phenoxy) is 3. The topological polar surface area (TPSA) is 116 Å². The number of aliphatic hydroxyl groups excluding tert-OH is 1. The molecule has 1 unspecified atom stereocenters. The number of aldehydes is 2. The molecule has 32 heavy (non-hydrogen) atoms. The highest BCUT2D eigenvalue weighted by Gasteiger charge is 2.03. The van der Waals surface area contributed by atoms with Gasteiger partial charge in [-0.05, 0) is 12.5 Å². The number of carbonyl (C=O) groups excluding carboxylic acids is 4. The second-order valence-electron chi connectivity index (χ2n) is 5.43. The van der Waals surface area contributed by atoms with E-state index in [0.717, 1.165) is 18.4 Å². The zero-order valence-electron chi connectivity index (χ0n) is 18.8. The molecule has 178 valence electrons. The number of rotatable bonds is 11. The Kier molecular flexibility index (Phi) is 28.7. The molecule has 0 heterocycles. The highest BCUT2D eigenvalue weighted by Crippen LogP contribution is 1.97. The number of esters is 2. The maximum absolute atomic E-state index is 10.5. The molecule has 1 aromatic rings. The Balaban J connectivity index is -0.000000372. The van der Waals surface area contributed by atoms with Crippen molar-refractivity contribution in [3.8, 4) is 0 Å². The summed E-state index contributed by atoms with van der Waals surface area (Å²) in [4.78, 5) is 39.7. The maximum Gasteiger partial charge on any atom is 0.330 e. The molecule has 8 nitrogen and oxygen atoms in total. The van der Waals surface area contributed by atoms with Gasteiger partial charge < -0.3 is 28.9 Å². The third-order valence-electron chi connectivity index (χ3n) is 2.78. The van der Waals surface area contributed by atoms with Crippen LogP contribution in [-0.4, -0.2) is 62.1 Å². The molecule has 0 fully saturated rings. The van der Waals surface area contributed by atoms with Crippen LogP contribution in [0.15, 0.2) is 62.2 Å². The summed E-state index contributed by atoms with van der Waals surface area (Å²) >= 11 is 0. The smallest absolute Gasteiger partial charge is 0.330 e. The lowest BCUT2D eigenvalue weighted by Crippen LogP contribution is -2.18. The largest absolute Gasteiger partial charge is 0.460 e. The summed E-state index contributed by atoms with van der Waals surface area (Å²) in [5.74, 6) is -0.990. The van der Waals surface area contributed by atoms with Crippen LogP contribution in [0.2, 0.25) is 0 Å². The average molecular weight is 451 g/mol. The van der Waals surface area contributed by atoms with Gasteiger partial charge in [0, 0.05) is 18.6 Å². The Morgan fingerprint density at radius 1 is 1.00 bits per heavy atom. The molecule has 1 N–H and O–H groups in total. The third-order valence-corrected chi connectivity index (χ3v) is 2.78. The van der Waals surface area contributed by atoms with E-state index in [1.54, 1.807) is 6.92 Å². The number of benzene rings is 1. The van der Waals surface area contributed by atoms with E-state index in [1.165, 1.54) is 5.56 Å². The van der Waals surface area contributed by atoms with Gasteiger partial charge in [-0.2, -0.15) is 0 Å². The van der Waals surface area contributed by atoms with Crippen molar-refractivity contribution in [1.29, 1.82) is 0 Å². The van der Waals surface area contributed by atoms with E-state index in [1.807, 2.05) is 43.3 Å². The summed E-state index contributed by atoms with van der Waals surface area (Å²) in [6.45, 7) is 13.6. The van der Waals surface area contributed by atoms with Crippen LogP contribution < -0.4 is 0 Å². The van der Waals surface area contributed by atoms with E-state index in [0.29, 0.717) is 12.7 Å². The molecular weight excluding hydrogens is 416 g/mol. The fourth-order valence-corrected chi connectivity index (χ4v) is 1.30. The lowest BCUT2D eigenvalue weighted by Gasteiger charge is -2.09. The first-order valence-corrected chi connectivity index (χ1v) is 9.72. The van der Waals surface area contributed by atoms with Gasteiger partial charge in [0.05, 0.1) is 12.7 Å². The number of aliphatic hydroxyl groups is 1. The van der Waals surface area contributed by atoms with E-state index in [9.17, 15) is 19.2 Å². The van der Waals surface area contributed by atoms with E-state index in [4.69, 9.17) is 9.84 Å². The third kappa shape index (κ3) is 28.8. The van der Waals surface area contributed by atoms with Crippen LogP contribution in [0, 0.1) is 0 Å². The molecular formula is C24H34O8. The first-order chi connectivity index (χ1) is 15.4. The summed E-state index contributed by atoms with van der Waals surface area (Å²) in [6.07, 6.45) is 5.85. The van der Waals surface area contributed by atoms with Gasteiger partial charge in [-0.25, -0.2) is 9.59 Å². The van der Waals surface area contributed by atoms with Crippen LogP contribution in [0.3, 0.4) is 0 Å². The van der Waals surface area contributed by atoms with Gasteiger partial charge in [0.2, 0.25) is 0 Å². The van der Waals surface area contributed by atoms with Gasteiger partial charge in [0.15, 0.2) is 0 Å². The van der Waals surface area contributed by atoms with Crippen molar-refractivity contribution in [2.45, 2.75) is 26.4 Å². The molecule has 8 heteroatoms. The van der Waals surface area contributed by atoms with Crippen LogP contribution in [0.4, 0.5) is 0 Å². The Bertz CT molecular complexity index is 641. The summed E-state index contributed by atoms with van der Waals surface area (Å²) in [6, 6.07) is 10.0. The Morgan fingerprint density at radius 3 is 1.91 bits per heavy atom. The summed E-state index contributed by atoms with van der Waals surface area (Å²) in [5, 5.41) is 8.10. The van der Waals surface area contributed by atoms with Crippen molar-refractivity contribution in [2.24, 2.45) is 0 Å². The Labute approximate surface area is 190 Å². The van der Waals surface area contributed by atoms with Crippen LogP contribution in [-0.2, 0) is 33.4 Å². The monoisotopic (exact) mass is 450 g/mol. The minimum absolute atomic E-state index is 0.0206. The summed E-state index contributed by atoms with van der Waals surface area (Å²) in [5.41, 5.74) is 1.17. The SMILES string of the molecule is C=CC(=O)OCC(C)OCC=O.C=CC(=O)OCCO.C=Cc1ccccc1.CCC=O. The van der Waals surface area contributed by atoms with Crippen molar-refractivity contribution in [3.63, 3.8) is 0 Å². The molecule has 0 saturated heterocycles. The zero-order chi connectivity index (χ0) is 25.0. The predicted molar refractivity (Wildman–Crippen MR) is 124 cm³/mol. The molecule has 0 aliphatic heterocycles. The average Bonchev–Trinajstić information content (AvgIpc) is 2.85. The lowest BCUT2D eigenvalue weighted by molar-refractivity contribution is -0.142. The maximum atomic E-state index is 10.5. The first-order valence-electron chi connectivity index (χ1n) is 9.72. The van der Waals surface area contributed by atoms with Gasteiger partial charge in [-0.15, -0.1) is 0 Å². The standard InChI is InChI=1S/C8H12O4.C8H8.C5H8O3.C3H6O/c1-3-8(10)12-6-7(2)11-5-4-9;1-2-8-6-4-3-5-7-8;1-2-5(7)8-4-3-6;1-2-3-4/h3-4,7H,1,5-6H2,2H3;2-7H,1H2;2,6H,1,3-4H2;3H,2H2,1H3. The molecule has 0 aromatic heterocycles. The molecule has 1 aromatic carbocycles. The predicted octanol–water partition coefficient (Wildman–Crippen LogP) is 2.95. The van der Waals surface area contributed by atoms with Crippen LogP contribution in [0.5, 0.6) is 0 Å².